The zero-order valence-electron chi connectivity index (χ0n) is 9.16. The summed E-state index contributed by atoms with van der Waals surface area (Å²) in [5.41, 5.74) is 4.99. The van der Waals surface area contributed by atoms with Gasteiger partial charge in [0.2, 0.25) is 5.91 Å². The van der Waals surface area contributed by atoms with Crippen molar-refractivity contribution >= 4 is 5.91 Å². The Labute approximate surface area is 96.8 Å². The Morgan fingerprint density at radius 1 is 1.29 bits per heavy atom. The van der Waals surface area contributed by atoms with E-state index in [-0.39, 0.29) is 5.56 Å². The second kappa shape index (κ2) is 5.18. The Balaban J connectivity index is 2.94. The van der Waals surface area contributed by atoms with Crippen LogP contribution in [0.25, 0.3) is 0 Å². The Kier molecular flexibility index (Phi) is 4.11. The van der Waals surface area contributed by atoms with E-state index in [2.05, 4.69) is 5.32 Å². The summed E-state index contributed by atoms with van der Waals surface area (Å²) in [6, 6.07) is 4.37. The van der Waals surface area contributed by atoms with Crippen LogP contribution in [0.3, 0.4) is 0 Å². The van der Waals surface area contributed by atoms with E-state index in [0.29, 0.717) is 0 Å². The van der Waals surface area contributed by atoms with Gasteiger partial charge in [0.1, 0.15) is 6.04 Å². The number of hydrogen-bond acceptors (Lipinski definition) is 2. The lowest BCUT2D eigenvalue weighted by atomic mass is 10.1. The second-order valence-electron chi connectivity index (χ2n) is 3.68. The number of primary amides is 1. The molecule has 6 heteroatoms. The minimum atomic E-state index is -4.48. The van der Waals surface area contributed by atoms with Crippen molar-refractivity contribution in [1.29, 1.82) is 0 Å². The number of benzene rings is 1. The molecule has 0 spiro atoms. The fraction of sp³-hybridized carbons (Fsp3) is 0.364. The Morgan fingerprint density at radius 2 is 1.82 bits per heavy atom. The monoisotopic (exact) mass is 246 g/mol. The minimum Gasteiger partial charge on any atom is -0.368 e. The lowest BCUT2D eigenvalue weighted by molar-refractivity contribution is -0.160. The highest BCUT2D eigenvalue weighted by molar-refractivity contribution is 5.79. The van der Waals surface area contributed by atoms with Crippen LogP contribution in [-0.2, 0) is 4.79 Å². The average Bonchev–Trinajstić information content (AvgIpc) is 2.25. The summed E-state index contributed by atoms with van der Waals surface area (Å²) in [7, 11) is 0. The Morgan fingerprint density at radius 3 is 2.24 bits per heavy atom. The summed E-state index contributed by atoms with van der Waals surface area (Å²) < 4.78 is 38.4. The van der Waals surface area contributed by atoms with Crippen LogP contribution in [-0.4, -0.2) is 18.1 Å². The first-order valence-electron chi connectivity index (χ1n) is 4.99. The first-order valence-corrected chi connectivity index (χ1v) is 4.99. The molecular weight excluding hydrogens is 233 g/mol. The van der Waals surface area contributed by atoms with Crippen molar-refractivity contribution in [3.63, 3.8) is 0 Å². The molecule has 1 unspecified atom stereocenters. The molecule has 2 atom stereocenters. The van der Waals surface area contributed by atoms with Gasteiger partial charge in [-0.15, -0.1) is 0 Å². The van der Waals surface area contributed by atoms with Crippen molar-refractivity contribution in [2.45, 2.75) is 25.2 Å². The molecule has 0 heterocycles. The maximum Gasteiger partial charge on any atom is 0.407 e. The quantitative estimate of drug-likeness (QED) is 0.850. The number of rotatable bonds is 4. The van der Waals surface area contributed by atoms with E-state index in [9.17, 15) is 18.0 Å². The van der Waals surface area contributed by atoms with E-state index < -0.39 is 24.2 Å². The number of nitrogens with one attached hydrogen (secondary N) is 1. The largest absolute Gasteiger partial charge is 0.407 e. The number of halogens is 3. The highest BCUT2D eigenvalue weighted by Gasteiger charge is 2.41. The van der Waals surface area contributed by atoms with Gasteiger partial charge in [-0.3, -0.25) is 10.1 Å². The minimum absolute atomic E-state index is 0.0492. The molecule has 1 rings (SSSR count). The van der Waals surface area contributed by atoms with Crippen LogP contribution in [0.15, 0.2) is 30.3 Å². The molecule has 0 aliphatic carbocycles. The lowest BCUT2D eigenvalue weighted by Gasteiger charge is -2.24. The summed E-state index contributed by atoms with van der Waals surface area (Å²) in [6.07, 6.45) is -4.48. The maximum absolute atomic E-state index is 12.8. The molecule has 17 heavy (non-hydrogen) atoms. The average molecular weight is 246 g/mol. The van der Waals surface area contributed by atoms with Crippen molar-refractivity contribution in [1.82, 2.24) is 5.32 Å². The van der Waals surface area contributed by atoms with Crippen molar-refractivity contribution in [2.75, 3.05) is 0 Å². The SMILES string of the molecule is C[C@H](NC(c1ccccc1)C(F)(F)F)C(N)=O. The van der Waals surface area contributed by atoms with Gasteiger partial charge in [0, 0.05) is 0 Å². The van der Waals surface area contributed by atoms with Crippen molar-refractivity contribution in [3.05, 3.63) is 35.9 Å². The fourth-order valence-corrected chi connectivity index (χ4v) is 1.36. The van der Waals surface area contributed by atoms with Crippen molar-refractivity contribution < 1.29 is 18.0 Å². The predicted molar refractivity (Wildman–Crippen MR) is 57.0 cm³/mol. The third-order valence-corrected chi connectivity index (χ3v) is 2.30. The molecule has 3 N–H and O–H groups in total. The molecule has 1 aromatic carbocycles. The van der Waals surface area contributed by atoms with Crippen LogP contribution < -0.4 is 11.1 Å². The molecule has 0 bridgehead atoms. The molecule has 1 aromatic rings. The molecule has 1 amide bonds. The van der Waals surface area contributed by atoms with E-state index in [1.165, 1.54) is 31.2 Å². The van der Waals surface area contributed by atoms with Gasteiger partial charge in [-0.25, -0.2) is 0 Å². The molecule has 0 saturated heterocycles. The molecule has 94 valence electrons. The van der Waals surface area contributed by atoms with Crippen LogP contribution in [0.2, 0.25) is 0 Å². The molecule has 3 nitrogen and oxygen atoms in total. The summed E-state index contributed by atoms with van der Waals surface area (Å²) in [4.78, 5) is 10.8. The highest BCUT2D eigenvalue weighted by Crippen LogP contribution is 2.32. The van der Waals surface area contributed by atoms with Gasteiger partial charge in [-0.1, -0.05) is 30.3 Å². The molecule has 0 fully saturated rings. The van der Waals surface area contributed by atoms with Gasteiger partial charge in [0.15, 0.2) is 0 Å². The third kappa shape index (κ3) is 3.74. The molecular formula is C11H13F3N2O. The molecule has 0 aliphatic rings. The van der Waals surface area contributed by atoms with Gasteiger partial charge in [-0.05, 0) is 12.5 Å². The number of amides is 1. The van der Waals surface area contributed by atoms with E-state index in [1.54, 1.807) is 6.07 Å². The number of carbonyl (C=O) groups is 1. The van der Waals surface area contributed by atoms with Gasteiger partial charge >= 0.3 is 6.18 Å². The first-order chi connectivity index (χ1) is 7.82. The number of hydrogen-bond donors (Lipinski definition) is 2. The number of alkyl halides is 3. The predicted octanol–water partition coefficient (Wildman–Crippen LogP) is 1.75. The summed E-state index contributed by atoms with van der Waals surface area (Å²) in [6.45, 7) is 1.30. The van der Waals surface area contributed by atoms with Crippen molar-refractivity contribution in [3.8, 4) is 0 Å². The molecule has 0 radical (unpaired) electrons. The summed E-state index contributed by atoms with van der Waals surface area (Å²) >= 11 is 0. The highest BCUT2D eigenvalue weighted by atomic mass is 19.4. The van der Waals surface area contributed by atoms with E-state index in [0.717, 1.165) is 0 Å². The van der Waals surface area contributed by atoms with E-state index in [1.807, 2.05) is 0 Å². The second-order valence-corrected chi connectivity index (χ2v) is 3.68. The summed E-state index contributed by atoms with van der Waals surface area (Å²) in [5, 5.41) is 2.17. The normalized spacial score (nSPS) is 15.3. The topological polar surface area (TPSA) is 55.1 Å². The van der Waals surface area contributed by atoms with Crippen LogP contribution in [0.1, 0.15) is 18.5 Å². The number of carbonyl (C=O) groups excluding carboxylic acids is 1. The smallest absolute Gasteiger partial charge is 0.368 e. The fourth-order valence-electron chi connectivity index (χ4n) is 1.36. The molecule has 0 saturated carbocycles. The zero-order chi connectivity index (χ0) is 13.1. The third-order valence-electron chi connectivity index (χ3n) is 2.30. The van der Waals surface area contributed by atoms with Gasteiger partial charge in [0.25, 0.3) is 0 Å². The first kappa shape index (κ1) is 13.5. The zero-order valence-corrected chi connectivity index (χ0v) is 9.16. The van der Waals surface area contributed by atoms with E-state index >= 15 is 0 Å². The van der Waals surface area contributed by atoms with Crippen molar-refractivity contribution in [2.24, 2.45) is 5.73 Å². The van der Waals surface area contributed by atoms with Gasteiger partial charge in [-0.2, -0.15) is 13.2 Å². The Bertz CT molecular complexity index is 378. The standard InChI is InChI=1S/C11H13F3N2O/c1-7(10(15)17)16-9(11(12,13)14)8-5-3-2-4-6-8/h2-7,9,16H,1H3,(H2,15,17)/t7-,9?/m0/s1. The van der Waals surface area contributed by atoms with Gasteiger partial charge < -0.3 is 5.73 Å². The molecule has 0 aromatic heterocycles. The van der Waals surface area contributed by atoms with Gasteiger partial charge in [0.05, 0.1) is 6.04 Å². The van der Waals surface area contributed by atoms with Crippen LogP contribution in [0, 0.1) is 0 Å². The summed E-state index contributed by atoms with van der Waals surface area (Å²) in [5.74, 6) is -0.824. The van der Waals surface area contributed by atoms with Crippen LogP contribution in [0.4, 0.5) is 13.2 Å². The van der Waals surface area contributed by atoms with Crippen LogP contribution >= 0.6 is 0 Å². The van der Waals surface area contributed by atoms with Crippen LogP contribution in [0.5, 0.6) is 0 Å². The maximum atomic E-state index is 12.8. The number of nitrogens with two attached hydrogens (primary N) is 1. The molecule has 0 aliphatic heterocycles. The van der Waals surface area contributed by atoms with E-state index in [4.69, 9.17) is 5.73 Å². The Hall–Kier alpha value is -1.56. The lowest BCUT2D eigenvalue weighted by Crippen LogP contribution is -2.45.